The molecule has 2 fully saturated rings. The molecule has 2 amide bonds. The van der Waals surface area contributed by atoms with E-state index in [9.17, 15) is 4.79 Å². The van der Waals surface area contributed by atoms with Crippen molar-refractivity contribution in [1.29, 1.82) is 0 Å². The van der Waals surface area contributed by atoms with E-state index >= 15 is 0 Å². The lowest BCUT2D eigenvalue weighted by Crippen LogP contribution is -2.33. The van der Waals surface area contributed by atoms with E-state index in [2.05, 4.69) is 35.6 Å². The first-order valence-electron chi connectivity index (χ1n) is 8.98. The number of amides is 2. The van der Waals surface area contributed by atoms with Crippen molar-refractivity contribution in [2.24, 2.45) is 11.8 Å². The summed E-state index contributed by atoms with van der Waals surface area (Å²) in [6, 6.07) is 18.3. The highest BCUT2D eigenvalue weighted by molar-refractivity contribution is 5.89. The number of nitrogens with one attached hydrogen (secondary N) is 1. The van der Waals surface area contributed by atoms with E-state index in [4.69, 9.17) is 4.74 Å². The maximum atomic E-state index is 12.6. The smallest absolute Gasteiger partial charge is 0.321 e. The molecule has 25 heavy (non-hydrogen) atoms. The fraction of sp³-hybridized carbons (Fsp3) is 0.381. The zero-order valence-electron chi connectivity index (χ0n) is 14.5. The number of hydrogen-bond acceptors (Lipinski definition) is 2. The molecule has 1 heterocycles. The summed E-state index contributed by atoms with van der Waals surface area (Å²) in [6.45, 7) is 1.73. The zero-order valence-corrected chi connectivity index (χ0v) is 14.5. The van der Waals surface area contributed by atoms with E-state index in [1.165, 1.54) is 18.4 Å². The molecule has 4 heteroatoms. The molecule has 1 aliphatic heterocycles. The van der Waals surface area contributed by atoms with Crippen molar-refractivity contribution in [1.82, 2.24) is 4.90 Å². The van der Waals surface area contributed by atoms with Gasteiger partial charge < -0.3 is 15.0 Å². The molecule has 1 N–H and O–H groups in total. The molecular weight excluding hydrogens is 312 g/mol. The summed E-state index contributed by atoms with van der Waals surface area (Å²) in [5, 5.41) is 3.00. The molecule has 2 aliphatic rings. The van der Waals surface area contributed by atoms with Crippen LogP contribution in [-0.4, -0.2) is 31.1 Å². The first kappa shape index (κ1) is 16.0. The van der Waals surface area contributed by atoms with Gasteiger partial charge in [-0.2, -0.15) is 0 Å². The number of likely N-dealkylation sites (tertiary alicyclic amines) is 1. The van der Waals surface area contributed by atoms with Gasteiger partial charge in [0, 0.05) is 24.8 Å². The van der Waals surface area contributed by atoms with Gasteiger partial charge in [-0.15, -0.1) is 0 Å². The summed E-state index contributed by atoms with van der Waals surface area (Å²) in [7, 11) is 1.63. The van der Waals surface area contributed by atoms with E-state index in [0.29, 0.717) is 17.8 Å². The van der Waals surface area contributed by atoms with E-state index in [0.717, 1.165) is 24.5 Å². The molecule has 4 nitrogen and oxygen atoms in total. The highest BCUT2D eigenvalue weighted by Crippen LogP contribution is 2.46. The van der Waals surface area contributed by atoms with Gasteiger partial charge in [0.05, 0.1) is 7.11 Å². The van der Waals surface area contributed by atoms with Crippen LogP contribution >= 0.6 is 0 Å². The molecule has 2 unspecified atom stereocenters. The van der Waals surface area contributed by atoms with Gasteiger partial charge in [-0.1, -0.05) is 36.4 Å². The summed E-state index contributed by atoms with van der Waals surface area (Å²) in [5.74, 6) is 2.66. The summed E-state index contributed by atoms with van der Waals surface area (Å²) in [6.07, 6.45) is 2.38. The number of anilines is 1. The van der Waals surface area contributed by atoms with Crippen LogP contribution in [-0.2, 0) is 0 Å². The average molecular weight is 336 g/mol. The van der Waals surface area contributed by atoms with Crippen LogP contribution in [0.1, 0.15) is 24.3 Å². The fourth-order valence-corrected chi connectivity index (χ4v) is 4.37. The van der Waals surface area contributed by atoms with E-state index in [-0.39, 0.29) is 6.03 Å². The summed E-state index contributed by atoms with van der Waals surface area (Å²) >= 11 is 0. The molecule has 2 aromatic carbocycles. The van der Waals surface area contributed by atoms with Crippen LogP contribution in [0.3, 0.4) is 0 Å². The van der Waals surface area contributed by atoms with Crippen molar-refractivity contribution < 1.29 is 9.53 Å². The standard InChI is InChI=1S/C21H24N2O2/c1-25-20-9-5-8-19(12-20)22-21(24)23-13-17-10-16(11-18(17)14-23)15-6-3-2-4-7-15/h2-9,12,16-18H,10-11,13-14H2,1H3,(H,22,24). The monoisotopic (exact) mass is 336 g/mol. The number of urea groups is 1. The molecule has 0 aromatic heterocycles. The van der Waals surface area contributed by atoms with Crippen LogP contribution < -0.4 is 10.1 Å². The Hall–Kier alpha value is -2.49. The third-order valence-corrected chi connectivity index (χ3v) is 5.63. The molecule has 4 rings (SSSR count). The number of hydrogen-bond donors (Lipinski definition) is 1. The Morgan fingerprint density at radius 2 is 1.76 bits per heavy atom. The summed E-state index contributed by atoms with van der Waals surface area (Å²) in [5.41, 5.74) is 2.23. The first-order valence-corrected chi connectivity index (χ1v) is 8.98. The highest BCUT2D eigenvalue weighted by atomic mass is 16.5. The Kier molecular flexibility index (Phi) is 4.35. The van der Waals surface area contributed by atoms with Crippen LogP contribution in [0, 0.1) is 11.8 Å². The topological polar surface area (TPSA) is 41.6 Å². The van der Waals surface area contributed by atoms with E-state index in [1.807, 2.05) is 29.2 Å². The molecule has 1 saturated carbocycles. The zero-order chi connectivity index (χ0) is 17.2. The largest absolute Gasteiger partial charge is 0.497 e. The van der Waals surface area contributed by atoms with Crippen molar-refractivity contribution in [2.45, 2.75) is 18.8 Å². The van der Waals surface area contributed by atoms with Gasteiger partial charge >= 0.3 is 6.03 Å². The minimum atomic E-state index is -0.00101. The number of rotatable bonds is 3. The quantitative estimate of drug-likeness (QED) is 0.905. The van der Waals surface area contributed by atoms with Crippen LogP contribution in [0.5, 0.6) is 5.75 Å². The molecule has 2 aromatic rings. The molecular formula is C21H24N2O2. The second-order valence-electron chi connectivity index (χ2n) is 7.17. The van der Waals surface area contributed by atoms with Gasteiger partial charge in [0.2, 0.25) is 0 Å². The van der Waals surface area contributed by atoms with Gasteiger partial charge in [0.25, 0.3) is 0 Å². The maximum Gasteiger partial charge on any atom is 0.321 e. The molecule has 0 radical (unpaired) electrons. The normalized spacial score (nSPS) is 24.8. The number of ether oxygens (including phenoxy) is 1. The Labute approximate surface area is 148 Å². The van der Waals surface area contributed by atoms with Crippen LogP contribution in [0.4, 0.5) is 10.5 Å². The predicted molar refractivity (Wildman–Crippen MR) is 99.0 cm³/mol. The second-order valence-corrected chi connectivity index (χ2v) is 7.17. The maximum absolute atomic E-state index is 12.6. The van der Waals surface area contributed by atoms with Gasteiger partial charge in [-0.05, 0) is 48.3 Å². The molecule has 0 bridgehead atoms. The van der Waals surface area contributed by atoms with Crippen molar-refractivity contribution in [3.63, 3.8) is 0 Å². The SMILES string of the molecule is COc1cccc(NC(=O)N2CC3CC(c4ccccc4)CC3C2)c1. The van der Waals surface area contributed by atoms with Crippen molar-refractivity contribution in [3.05, 3.63) is 60.2 Å². The summed E-state index contributed by atoms with van der Waals surface area (Å²) in [4.78, 5) is 14.5. The van der Waals surface area contributed by atoms with E-state index < -0.39 is 0 Å². The lowest BCUT2D eigenvalue weighted by atomic mass is 9.96. The van der Waals surface area contributed by atoms with Gasteiger partial charge in [-0.3, -0.25) is 0 Å². The molecule has 1 aliphatic carbocycles. The third kappa shape index (κ3) is 3.34. The minimum Gasteiger partial charge on any atom is -0.497 e. The molecule has 2 atom stereocenters. The second kappa shape index (κ2) is 6.79. The number of benzene rings is 2. The van der Waals surface area contributed by atoms with Crippen LogP contribution in [0.15, 0.2) is 54.6 Å². The highest BCUT2D eigenvalue weighted by Gasteiger charge is 2.42. The number of carbonyl (C=O) groups excluding carboxylic acids is 1. The van der Waals surface area contributed by atoms with E-state index in [1.54, 1.807) is 7.11 Å². The first-order chi connectivity index (χ1) is 12.2. The Balaban J connectivity index is 1.35. The Morgan fingerprint density at radius 1 is 1.04 bits per heavy atom. The van der Waals surface area contributed by atoms with Crippen LogP contribution in [0.2, 0.25) is 0 Å². The number of methoxy groups -OCH3 is 1. The van der Waals surface area contributed by atoms with Crippen LogP contribution in [0.25, 0.3) is 0 Å². The van der Waals surface area contributed by atoms with Gasteiger partial charge in [0.15, 0.2) is 0 Å². The summed E-state index contributed by atoms with van der Waals surface area (Å²) < 4.78 is 5.21. The van der Waals surface area contributed by atoms with Gasteiger partial charge in [-0.25, -0.2) is 4.79 Å². The Morgan fingerprint density at radius 3 is 2.44 bits per heavy atom. The minimum absolute atomic E-state index is 0.00101. The number of nitrogens with zero attached hydrogens (tertiary/aromatic N) is 1. The lowest BCUT2D eigenvalue weighted by Gasteiger charge is -2.20. The average Bonchev–Trinajstić information content (AvgIpc) is 3.22. The Bertz CT molecular complexity index is 733. The fourth-order valence-electron chi connectivity index (χ4n) is 4.37. The molecule has 130 valence electrons. The number of carbonyl (C=O) groups is 1. The van der Waals surface area contributed by atoms with Crippen molar-refractivity contribution in [2.75, 3.05) is 25.5 Å². The number of fused-ring (bicyclic) bond motifs is 1. The lowest BCUT2D eigenvalue weighted by molar-refractivity contribution is 0.218. The predicted octanol–water partition coefficient (Wildman–Crippen LogP) is 4.35. The van der Waals surface area contributed by atoms with Crippen molar-refractivity contribution in [3.8, 4) is 5.75 Å². The molecule has 1 saturated heterocycles. The molecule has 0 spiro atoms. The van der Waals surface area contributed by atoms with Gasteiger partial charge in [0.1, 0.15) is 5.75 Å². The third-order valence-electron chi connectivity index (χ3n) is 5.63. The van der Waals surface area contributed by atoms with Crippen molar-refractivity contribution >= 4 is 11.7 Å².